The number of hydrogen-bond donors (Lipinski definition) is 4. The number of nitrogens with two attached hydrogens (primary N) is 1. The van der Waals surface area contributed by atoms with Crippen molar-refractivity contribution in [2.24, 2.45) is 0 Å². The van der Waals surface area contributed by atoms with Crippen LogP contribution in [0.5, 0.6) is 5.75 Å². The molecule has 0 saturated heterocycles. The van der Waals surface area contributed by atoms with Gasteiger partial charge in [-0.2, -0.15) is 0 Å². The molecule has 2 aromatic rings. The number of amides is 1. The molecule has 0 aliphatic carbocycles. The van der Waals surface area contributed by atoms with Gasteiger partial charge in [0.1, 0.15) is 17.3 Å². The standard InChI is InChI=1S/C21H27N4O7P/c1-3-12-25-20(27)18(19(22)24(21(25)28)13-4-5-14-33(29,30)31)23-17(26)11-8-15-6-9-16(32-2)10-7-15/h1,6-7,9-10H,4-5,8,11-14,22H2,2H3,(H,23,26)(H2,29,30,31). The number of terminal acetylenes is 1. The normalized spacial score (nSPS) is 11.1. The second kappa shape index (κ2) is 11.5. The Morgan fingerprint density at radius 1 is 1.21 bits per heavy atom. The minimum atomic E-state index is -4.17. The maximum Gasteiger partial charge on any atom is 0.333 e. The van der Waals surface area contributed by atoms with Crippen molar-refractivity contribution >= 4 is 25.0 Å². The third kappa shape index (κ3) is 7.36. The first-order chi connectivity index (χ1) is 15.6. The number of aryl methyl sites for hydroxylation is 1. The highest BCUT2D eigenvalue weighted by Gasteiger charge is 2.19. The average molecular weight is 478 g/mol. The summed E-state index contributed by atoms with van der Waals surface area (Å²) in [7, 11) is -2.62. The van der Waals surface area contributed by atoms with Crippen LogP contribution in [-0.2, 0) is 28.9 Å². The summed E-state index contributed by atoms with van der Waals surface area (Å²) in [4.78, 5) is 55.8. The number of rotatable bonds is 11. The Morgan fingerprint density at radius 2 is 1.88 bits per heavy atom. The molecule has 0 unspecified atom stereocenters. The van der Waals surface area contributed by atoms with Crippen molar-refractivity contribution in [1.82, 2.24) is 9.13 Å². The van der Waals surface area contributed by atoms with Gasteiger partial charge in [0.25, 0.3) is 5.56 Å². The highest BCUT2D eigenvalue weighted by molar-refractivity contribution is 7.51. The molecule has 0 aliphatic rings. The number of benzene rings is 1. The molecule has 5 N–H and O–H groups in total. The Hall–Kier alpha value is -3.32. The Balaban J connectivity index is 2.21. The van der Waals surface area contributed by atoms with Gasteiger partial charge in [0, 0.05) is 19.1 Å². The second-order valence-electron chi connectivity index (χ2n) is 7.28. The first kappa shape index (κ1) is 25.9. The highest BCUT2D eigenvalue weighted by Crippen LogP contribution is 2.35. The van der Waals surface area contributed by atoms with Gasteiger partial charge in [0.05, 0.1) is 13.7 Å². The summed E-state index contributed by atoms with van der Waals surface area (Å²) in [5.41, 5.74) is 5.06. The average Bonchev–Trinajstić information content (AvgIpc) is 2.77. The van der Waals surface area contributed by atoms with Crippen LogP contribution in [-0.4, -0.2) is 38.1 Å². The van der Waals surface area contributed by atoms with Crippen LogP contribution in [0.15, 0.2) is 33.9 Å². The summed E-state index contributed by atoms with van der Waals surface area (Å²) < 4.78 is 17.9. The fourth-order valence-corrected chi connectivity index (χ4v) is 3.75. The molecule has 0 spiro atoms. The van der Waals surface area contributed by atoms with Crippen LogP contribution in [0.25, 0.3) is 0 Å². The van der Waals surface area contributed by atoms with Crippen LogP contribution in [0.2, 0.25) is 0 Å². The summed E-state index contributed by atoms with van der Waals surface area (Å²) in [6.07, 6.45) is 5.73. The Kier molecular flexibility index (Phi) is 9.05. The van der Waals surface area contributed by atoms with E-state index in [1.54, 1.807) is 19.2 Å². The SMILES string of the molecule is C#CCn1c(=O)c(NC(=O)CCc2ccc(OC)cc2)c(N)n(CCCCP(=O)(O)O)c1=O. The number of unbranched alkanes of at least 4 members (excludes halogenated alkanes) is 1. The molecule has 2 rings (SSSR count). The maximum atomic E-state index is 12.7. The summed E-state index contributed by atoms with van der Waals surface area (Å²) in [5.74, 6) is 2.19. The molecular formula is C21H27N4O7P. The smallest absolute Gasteiger partial charge is 0.333 e. The Labute approximate surface area is 190 Å². The van der Waals surface area contributed by atoms with E-state index < -0.39 is 24.8 Å². The van der Waals surface area contributed by atoms with Crippen LogP contribution >= 0.6 is 7.60 Å². The molecule has 0 saturated carbocycles. The Bertz CT molecular complexity index is 1190. The molecule has 0 atom stereocenters. The lowest BCUT2D eigenvalue weighted by Crippen LogP contribution is -2.42. The molecule has 0 bridgehead atoms. The topological polar surface area (TPSA) is 166 Å². The monoisotopic (exact) mass is 478 g/mol. The van der Waals surface area contributed by atoms with Crippen LogP contribution in [0.3, 0.4) is 0 Å². The van der Waals surface area contributed by atoms with E-state index in [1.807, 2.05) is 12.1 Å². The van der Waals surface area contributed by atoms with Gasteiger partial charge in [-0.3, -0.25) is 18.7 Å². The van der Waals surface area contributed by atoms with Crippen molar-refractivity contribution < 1.29 is 23.9 Å². The summed E-state index contributed by atoms with van der Waals surface area (Å²) in [6.45, 7) is -0.334. The van der Waals surface area contributed by atoms with E-state index in [1.165, 1.54) is 0 Å². The lowest BCUT2D eigenvalue weighted by molar-refractivity contribution is -0.116. The first-order valence-corrected chi connectivity index (χ1v) is 11.9. The van der Waals surface area contributed by atoms with Gasteiger partial charge in [-0.05, 0) is 37.0 Å². The van der Waals surface area contributed by atoms with E-state index in [2.05, 4.69) is 11.2 Å². The van der Waals surface area contributed by atoms with Crippen molar-refractivity contribution in [2.45, 2.75) is 38.8 Å². The number of carbonyl (C=O) groups is 1. The molecule has 1 aromatic heterocycles. The van der Waals surface area contributed by atoms with E-state index >= 15 is 0 Å². The molecule has 0 radical (unpaired) electrons. The van der Waals surface area contributed by atoms with E-state index in [9.17, 15) is 18.9 Å². The zero-order valence-electron chi connectivity index (χ0n) is 18.2. The van der Waals surface area contributed by atoms with Crippen molar-refractivity contribution in [3.63, 3.8) is 0 Å². The molecule has 1 aromatic carbocycles. The number of nitrogens with zero attached hydrogens (tertiary/aromatic N) is 2. The number of aromatic nitrogens is 2. The molecule has 33 heavy (non-hydrogen) atoms. The molecular weight excluding hydrogens is 451 g/mol. The molecule has 1 heterocycles. The largest absolute Gasteiger partial charge is 0.497 e. The van der Waals surface area contributed by atoms with Gasteiger partial charge >= 0.3 is 13.3 Å². The van der Waals surface area contributed by atoms with Crippen LogP contribution in [0.1, 0.15) is 24.8 Å². The van der Waals surface area contributed by atoms with E-state index in [0.29, 0.717) is 12.2 Å². The van der Waals surface area contributed by atoms with Crippen molar-refractivity contribution in [1.29, 1.82) is 0 Å². The molecule has 1 amide bonds. The number of carbonyl (C=O) groups excluding carboxylic acids is 1. The third-order valence-corrected chi connectivity index (χ3v) is 5.76. The first-order valence-electron chi connectivity index (χ1n) is 10.1. The Morgan fingerprint density at radius 3 is 2.45 bits per heavy atom. The third-order valence-electron chi connectivity index (χ3n) is 4.86. The van der Waals surface area contributed by atoms with Gasteiger partial charge in [0.15, 0.2) is 0 Å². The van der Waals surface area contributed by atoms with Gasteiger partial charge in [-0.1, -0.05) is 18.1 Å². The molecule has 0 fully saturated rings. The minimum absolute atomic E-state index is 0.00969. The van der Waals surface area contributed by atoms with Crippen LogP contribution < -0.4 is 27.0 Å². The minimum Gasteiger partial charge on any atom is -0.497 e. The summed E-state index contributed by atoms with van der Waals surface area (Å²) >= 11 is 0. The predicted octanol–water partition coefficient (Wildman–Crippen LogP) is 0.763. The van der Waals surface area contributed by atoms with E-state index in [0.717, 1.165) is 14.7 Å². The zero-order valence-corrected chi connectivity index (χ0v) is 19.1. The summed E-state index contributed by atoms with van der Waals surface area (Å²) in [5, 5.41) is 2.48. The number of hydrogen-bond acceptors (Lipinski definition) is 6. The van der Waals surface area contributed by atoms with Gasteiger partial charge in [0.2, 0.25) is 5.91 Å². The molecule has 0 aliphatic heterocycles. The van der Waals surface area contributed by atoms with Crippen molar-refractivity contribution in [2.75, 3.05) is 24.3 Å². The van der Waals surface area contributed by atoms with Crippen LogP contribution in [0, 0.1) is 12.3 Å². The molecule has 178 valence electrons. The number of methoxy groups -OCH3 is 1. The second-order valence-corrected chi connectivity index (χ2v) is 9.06. The van der Waals surface area contributed by atoms with E-state index in [-0.39, 0.29) is 50.0 Å². The number of nitrogen functional groups attached to an aromatic ring is 1. The van der Waals surface area contributed by atoms with Gasteiger partial charge < -0.3 is 25.6 Å². The molecule has 12 heteroatoms. The fraction of sp³-hybridized carbons (Fsp3) is 0.381. The quantitative estimate of drug-likeness (QED) is 0.209. The predicted molar refractivity (Wildman–Crippen MR) is 124 cm³/mol. The van der Waals surface area contributed by atoms with Crippen LogP contribution in [0.4, 0.5) is 11.5 Å². The van der Waals surface area contributed by atoms with Gasteiger partial charge in [-0.15, -0.1) is 6.42 Å². The van der Waals surface area contributed by atoms with Gasteiger partial charge in [-0.25, -0.2) is 9.36 Å². The number of ether oxygens (including phenoxy) is 1. The fourth-order valence-electron chi connectivity index (χ4n) is 3.12. The highest BCUT2D eigenvalue weighted by atomic mass is 31.2. The number of anilines is 2. The zero-order chi connectivity index (χ0) is 24.6. The molecule has 11 nitrogen and oxygen atoms in total. The lowest BCUT2D eigenvalue weighted by Gasteiger charge is -2.16. The van der Waals surface area contributed by atoms with Crippen molar-refractivity contribution in [3.05, 3.63) is 50.7 Å². The van der Waals surface area contributed by atoms with E-state index in [4.69, 9.17) is 26.7 Å². The van der Waals surface area contributed by atoms with Crippen molar-refractivity contribution in [3.8, 4) is 18.1 Å². The summed E-state index contributed by atoms with van der Waals surface area (Å²) in [6, 6.07) is 7.18. The maximum absolute atomic E-state index is 12.7. The lowest BCUT2D eigenvalue weighted by atomic mass is 10.1. The number of nitrogens with one attached hydrogen (secondary N) is 1.